The molecule has 1 aromatic carbocycles. The summed E-state index contributed by atoms with van der Waals surface area (Å²) in [5.74, 6) is 3.45. The molecular formula is C17H21N3OS. The Morgan fingerprint density at radius 3 is 2.91 bits per heavy atom. The fourth-order valence-electron chi connectivity index (χ4n) is 2.51. The minimum Gasteiger partial charge on any atom is -0.496 e. The zero-order valence-electron chi connectivity index (χ0n) is 13.1. The maximum Gasteiger partial charge on any atom is 0.191 e. The van der Waals surface area contributed by atoms with Gasteiger partial charge in [0.2, 0.25) is 0 Å². The zero-order valence-corrected chi connectivity index (χ0v) is 13.9. The van der Waals surface area contributed by atoms with Crippen molar-refractivity contribution in [3.05, 3.63) is 47.8 Å². The van der Waals surface area contributed by atoms with Crippen molar-refractivity contribution in [2.24, 2.45) is 0 Å². The summed E-state index contributed by atoms with van der Waals surface area (Å²) < 4.78 is 7.64. The van der Waals surface area contributed by atoms with Crippen LogP contribution in [0.3, 0.4) is 0 Å². The molecule has 0 spiro atoms. The van der Waals surface area contributed by atoms with Gasteiger partial charge in [-0.3, -0.25) is 0 Å². The van der Waals surface area contributed by atoms with Gasteiger partial charge in [0, 0.05) is 23.8 Å². The number of thioether (sulfide) groups is 1. The van der Waals surface area contributed by atoms with E-state index in [1.54, 1.807) is 18.9 Å². The van der Waals surface area contributed by atoms with Crippen LogP contribution >= 0.6 is 11.8 Å². The van der Waals surface area contributed by atoms with Crippen LogP contribution in [0.25, 0.3) is 0 Å². The molecule has 0 radical (unpaired) electrons. The number of ether oxygens (including phenoxy) is 1. The Balaban J connectivity index is 1.79. The lowest BCUT2D eigenvalue weighted by Crippen LogP contribution is -2.03. The van der Waals surface area contributed by atoms with Crippen LogP contribution in [0.15, 0.2) is 36.0 Å². The molecule has 0 saturated heterocycles. The van der Waals surface area contributed by atoms with E-state index in [-0.39, 0.29) is 0 Å². The maximum absolute atomic E-state index is 5.45. The number of allylic oxidation sites excluding steroid dienone is 1. The van der Waals surface area contributed by atoms with Crippen LogP contribution in [0.2, 0.25) is 0 Å². The number of aromatic nitrogens is 3. The van der Waals surface area contributed by atoms with Crippen molar-refractivity contribution in [1.82, 2.24) is 14.8 Å². The molecule has 116 valence electrons. The number of nitrogens with zero attached hydrogens (tertiary/aromatic N) is 3. The Bertz CT molecular complexity index is 677. The van der Waals surface area contributed by atoms with Crippen LogP contribution < -0.4 is 4.74 Å². The van der Waals surface area contributed by atoms with Crippen molar-refractivity contribution in [3.63, 3.8) is 0 Å². The molecule has 1 heterocycles. The number of methoxy groups -OCH3 is 1. The van der Waals surface area contributed by atoms with Gasteiger partial charge in [0.15, 0.2) is 5.16 Å². The molecule has 0 bridgehead atoms. The SMILES string of the molecule is C=CCn1c(SCc2cc(C)ccc2OC)nnc1C1CC1. The number of aryl methyl sites for hydroxylation is 1. The first-order valence-electron chi connectivity index (χ1n) is 7.53. The summed E-state index contributed by atoms with van der Waals surface area (Å²) in [4.78, 5) is 0. The Labute approximate surface area is 135 Å². The summed E-state index contributed by atoms with van der Waals surface area (Å²) in [5, 5.41) is 9.72. The second-order valence-electron chi connectivity index (χ2n) is 5.62. The Morgan fingerprint density at radius 2 is 2.23 bits per heavy atom. The summed E-state index contributed by atoms with van der Waals surface area (Å²) >= 11 is 1.71. The van der Waals surface area contributed by atoms with Gasteiger partial charge >= 0.3 is 0 Å². The molecule has 1 aliphatic rings. The molecule has 4 nitrogen and oxygen atoms in total. The molecule has 2 aromatic rings. The molecule has 5 heteroatoms. The van der Waals surface area contributed by atoms with Gasteiger partial charge in [-0.15, -0.1) is 16.8 Å². The first-order chi connectivity index (χ1) is 10.7. The number of hydrogen-bond acceptors (Lipinski definition) is 4. The van der Waals surface area contributed by atoms with Crippen molar-refractivity contribution in [1.29, 1.82) is 0 Å². The van der Waals surface area contributed by atoms with E-state index < -0.39 is 0 Å². The number of rotatable bonds is 7. The Morgan fingerprint density at radius 1 is 1.41 bits per heavy atom. The highest BCUT2D eigenvalue weighted by atomic mass is 32.2. The number of hydrogen-bond donors (Lipinski definition) is 0. The quantitative estimate of drug-likeness (QED) is 0.573. The molecule has 3 rings (SSSR count). The van der Waals surface area contributed by atoms with E-state index in [1.165, 1.54) is 24.0 Å². The normalized spacial score (nSPS) is 14.1. The molecule has 1 aliphatic carbocycles. The fraction of sp³-hybridized carbons (Fsp3) is 0.412. The second-order valence-corrected chi connectivity index (χ2v) is 6.56. The van der Waals surface area contributed by atoms with Gasteiger partial charge in [-0.2, -0.15) is 0 Å². The third-order valence-corrected chi connectivity index (χ3v) is 4.81. The first-order valence-corrected chi connectivity index (χ1v) is 8.51. The van der Waals surface area contributed by atoms with Crippen molar-refractivity contribution < 1.29 is 4.74 Å². The summed E-state index contributed by atoms with van der Waals surface area (Å²) in [6, 6.07) is 6.26. The third-order valence-electron chi connectivity index (χ3n) is 3.79. The minimum atomic E-state index is 0.593. The molecule has 0 unspecified atom stereocenters. The lowest BCUT2D eigenvalue weighted by Gasteiger charge is -2.10. The lowest BCUT2D eigenvalue weighted by molar-refractivity contribution is 0.411. The van der Waals surface area contributed by atoms with Gasteiger partial charge in [0.05, 0.1) is 7.11 Å². The van der Waals surface area contributed by atoms with Gasteiger partial charge in [-0.1, -0.05) is 35.5 Å². The van der Waals surface area contributed by atoms with Crippen molar-refractivity contribution in [3.8, 4) is 5.75 Å². The van der Waals surface area contributed by atoms with Crippen LogP contribution in [0.4, 0.5) is 0 Å². The summed E-state index contributed by atoms with van der Waals surface area (Å²) in [6.07, 6.45) is 4.36. The lowest BCUT2D eigenvalue weighted by atomic mass is 10.1. The van der Waals surface area contributed by atoms with E-state index in [0.29, 0.717) is 5.92 Å². The second kappa shape index (κ2) is 6.57. The molecule has 0 atom stereocenters. The van der Waals surface area contributed by atoms with E-state index >= 15 is 0 Å². The fourth-order valence-corrected chi connectivity index (χ4v) is 3.45. The highest BCUT2D eigenvalue weighted by Crippen LogP contribution is 2.40. The Hall–Kier alpha value is -1.75. The molecule has 0 aliphatic heterocycles. The predicted molar refractivity (Wildman–Crippen MR) is 89.5 cm³/mol. The smallest absolute Gasteiger partial charge is 0.191 e. The van der Waals surface area contributed by atoms with Crippen LogP contribution in [0.5, 0.6) is 5.75 Å². The highest BCUT2D eigenvalue weighted by molar-refractivity contribution is 7.98. The van der Waals surface area contributed by atoms with E-state index in [1.807, 2.05) is 12.1 Å². The monoisotopic (exact) mass is 315 g/mol. The molecular weight excluding hydrogens is 294 g/mol. The molecule has 1 saturated carbocycles. The Kier molecular flexibility index (Phi) is 4.52. The topological polar surface area (TPSA) is 39.9 Å². The largest absolute Gasteiger partial charge is 0.496 e. The average Bonchev–Trinajstić information content (AvgIpc) is 3.28. The van der Waals surface area contributed by atoms with Crippen molar-refractivity contribution in [2.45, 2.75) is 43.1 Å². The minimum absolute atomic E-state index is 0.593. The van der Waals surface area contributed by atoms with E-state index in [0.717, 1.165) is 29.0 Å². The van der Waals surface area contributed by atoms with E-state index in [9.17, 15) is 0 Å². The maximum atomic E-state index is 5.45. The van der Waals surface area contributed by atoms with E-state index in [2.05, 4.69) is 40.4 Å². The first kappa shape index (κ1) is 15.2. The van der Waals surface area contributed by atoms with Gasteiger partial charge in [-0.05, 0) is 25.8 Å². The molecule has 1 aromatic heterocycles. The molecule has 22 heavy (non-hydrogen) atoms. The highest BCUT2D eigenvalue weighted by Gasteiger charge is 2.30. The van der Waals surface area contributed by atoms with Gasteiger partial charge < -0.3 is 9.30 Å². The summed E-state index contributed by atoms with van der Waals surface area (Å²) in [6.45, 7) is 6.72. The summed E-state index contributed by atoms with van der Waals surface area (Å²) in [5.41, 5.74) is 2.43. The van der Waals surface area contributed by atoms with Crippen LogP contribution in [-0.2, 0) is 12.3 Å². The van der Waals surface area contributed by atoms with Gasteiger partial charge in [-0.25, -0.2) is 0 Å². The molecule has 0 N–H and O–H groups in total. The standard InChI is InChI=1S/C17H21N3OS/c1-4-9-20-16(13-6-7-13)18-19-17(20)22-11-14-10-12(2)5-8-15(14)21-3/h4-5,8,10,13H,1,6-7,9,11H2,2-3H3. The van der Waals surface area contributed by atoms with Crippen LogP contribution in [0.1, 0.15) is 35.7 Å². The van der Waals surface area contributed by atoms with Crippen molar-refractivity contribution in [2.75, 3.05) is 7.11 Å². The van der Waals surface area contributed by atoms with Gasteiger partial charge in [0.25, 0.3) is 0 Å². The molecule has 0 amide bonds. The molecule has 1 fully saturated rings. The van der Waals surface area contributed by atoms with Crippen LogP contribution in [-0.4, -0.2) is 21.9 Å². The van der Waals surface area contributed by atoms with Gasteiger partial charge in [0.1, 0.15) is 11.6 Å². The zero-order chi connectivity index (χ0) is 15.5. The third kappa shape index (κ3) is 3.19. The summed E-state index contributed by atoms with van der Waals surface area (Å²) in [7, 11) is 1.71. The van der Waals surface area contributed by atoms with Crippen molar-refractivity contribution >= 4 is 11.8 Å². The number of benzene rings is 1. The van der Waals surface area contributed by atoms with E-state index in [4.69, 9.17) is 4.74 Å². The predicted octanol–water partition coefficient (Wildman–Crippen LogP) is 3.95. The van der Waals surface area contributed by atoms with Crippen LogP contribution in [0, 0.1) is 6.92 Å². The average molecular weight is 315 g/mol.